The van der Waals surface area contributed by atoms with E-state index in [9.17, 15) is 18.5 Å². The summed E-state index contributed by atoms with van der Waals surface area (Å²) in [5.74, 6) is 0.313. The SMILES string of the molecule is CC(C)(C)c1ccc(Oc2nc3ccccn3c(=O)c2/C=C(/C#N)S(=O)(=O)c2ccc(Br)cc2)cc1. The average molecular weight is 564 g/mol. The van der Waals surface area contributed by atoms with Crippen LogP contribution < -0.4 is 10.3 Å². The number of halogens is 1. The molecule has 0 aliphatic carbocycles. The molecule has 0 radical (unpaired) electrons. The van der Waals surface area contributed by atoms with E-state index in [-0.39, 0.29) is 21.8 Å². The fraction of sp³-hybridized carbons (Fsp3) is 0.148. The molecule has 0 aliphatic heterocycles. The van der Waals surface area contributed by atoms with Crippen molar-refractivity contribution >= 4 is 37.5 Å². The lowest BCUT2D eigenvalue weighted by molar-refractivity contribution is 0.460. The molecule has 4 rings (SSSR count). The van der Waals surface area contributed by atoms with E-state index in [2.05, 4.69) is 41.7 Å². The van der Waals surface area contributed by atoms with E-state index >= 15 is 0 Å². The fourth-order valence-corrected chi connectivity index (χ4v) is 4.87. The summed E-state index contributed by atoms with van der Waals surface area (Å²) in [7, 11) is -4.20. The van der Waals surface area contributed by atoms with Gasteiger partial charge in [-0.1, -0.05) is 54.9 Å². The van der Waals surface area contributed by atoms with Crippen molar-refractivity contribution in [3.05, 3.63) is 104 Å². The molecule has 2 aromatic heterocycles. The van der Waals surface area contributed by atoms with Crippen LogP contribution in [0.2, 0.25) is 0 Å². The number of allylic oxidation sites excluding steroid dienone is 1. The Morgan fingerprint density at radius 3 is 2.33 bits per heavy atom. The first kappa shape index (κ1) is 25.4. The van der Waals surface area contributed by atoms with Gasteiger partial charge < -0.3 is 4.74 Å². The van der Waals surface area contributed by atoms with Crippen LogP contribution in [0.5, 0.6) is 11.6 Å². The summed E-state index contributed by atoms with van der Waals surface area (Å²) < 4.78 is 34.3. The van der Waals surface area contributed by atoms with Crippen molar-refractivity contribution in [2.24, 2.45) is 0 Å². The smallest absolute Gasteiger partial charge is 0.269 e. The molecule has 0 aliphatic rings. The molecule has 2 heterocycles. The van der Waals surface area contributed by atoms with E-state index in [0.29, 0.717) is 15.9 Å². The number of pyridine rings is 1. The lowest BCUT2D eigenvalue weighted by Gasteiger charge is -2.19. The Balaban J connectivity index is 1.88. The number of nitrogens with zero attached hydrogens (tertiary/aromatic N) is 3. The van der Waals surface area contributed by atoms with Crippen LogP contribution in [-0.4, -0.2) is 17.8 Å². The molecule has 0 N–H and O–H groups in total. The maximum atomic E-state index is 13.4. The zero-order valence-corrected chi connectivity index (χ0v) is 22.2. The standard InChI is InChI=1S/C27H22BrN3O4S/c1-27(2,3)18-7-11-20(12-8-18)35-25-23(26(32)31-15-5-4-6-24(31)30-25)16-22(17-29)36(33,34)21-13-9-19(28)10-14-21/h4-16H,1-3H3/b22-16-. The van der Waals surface area contributed by atoms with Crippen LogP contribution in [0.1, 0.15) is 31.9 Å². The minimum atomic E-state index is -4.20. The molecule has 4 aromatic rings. The van der Waals surface area contributed by atoms with Crippen LogP contribution in [0.25, 0.3) is 11.7 Å². The topological polar surface area (TPSA) is 102 Å². The second kappa shape index (κ2) is 9.72. The van der Waals surface area contributed by atoms with Crippen molar-refractivity contribution in [1.82, 2.24) is 9.38 Å². The van der Waals surface area contributed by atoms with Crippen LogP contribution in [0.3, 0.4) is 0 Å². The highest BCUT2D eigenvalue weighted by Crippen LogP contribution is 2.29. The van der Waals surface area contributed by atoms with Crippen molar-refractivity contribution in [1.29, 1.82) is 5.26 Å². The first-order valence-corrected chi connectivity index (χ1v) is 13.2. The minimum Gasteiger partial charge on any atom is -0.438 e. The number of hydrogen-bond acceptors (Lipinski definition) is 6. The molecule has 36 heavy (non-hydrogen) atoms. The van der Waals surface area contributed by atoms with Gasteiger partial charge in [-0.15, -0.1) is 0 Å². The van der Waals surface area contributed by atoms with Crippen LogP contribution in [-0.2, 0) is 15.3 Å². The van der Waals surface area contributed by atoms with E-state index in [4.69, 9.17) is 4.74 Å². The van der Waals surface area contributed by atoms with Gasteiger partial charge in [-0.25, -0.2) is 8.42 Å². The quantitative estimate of drug-likeness (QED) is 0.281. The Hall–Kier alpha value is -3.74. The molecule has 0 spiro atoms. The second-order valence-corrected chi connectivity index (χ2v) is 11.9. The maximum Gasteiger partial charge on any atom is 0.269 e. The van der Waals surface area contributed by atoms with Crippen LogP contribution >= 0.6 is 15.9 Å². The summed E-state index contributed by atoms with van der Waals surface area (Å²) in [4.78, 5) is 17.1. The summed E-state index contributed by atoms with van der Waals surface area (Å²) in [6.45, 7) is 6.27. The molecule has 2 aromatic carbocycles. The third kappa shape index (κ3) is 5.10. The van der Waals surface area contributed by atoms with Gasteiger partial charge in [0.15, 0.2) is 0 Å². The number of benzene rings is 2. The largest absolute Gasteiger partial charge is 0.438 e. The molecule has 0 unspecified atom stereocenters. The third-order valence-corrected chi connectivity index (χ3v) is 7.68. The number of fused-ring (bicyclic) bond motifs is 1. The Morgan fingerprint density at radius 2 is 1.72 bits per heavy atom. The Kier molecular flexibility index (Phi) is 6.85. The first-order valence-electron chi connectivity index (χ1n) is 10.9. The number of hydrogen-bond donors (Lipinski definition) is 0. The molecule has 0 amide bonds. The highest BCUT2D eigenvalue weighted by atomic mass is 79.9. The summed E-state index contributed by atoms with van der Waals surface area (Å²) >= 11 is 3.27. The monoisotopic (exact) mass is 563 g/mol. The molecule has 182 valence electrons. The van der Waals surface area contributed by atoms with Crippen molar-refractivity contribution in [2.45, 2.75) is 31.1 Å². The highest BCUT2D eigenvalue weighted by molar-refractivity contribution is 9.10. The first-order chi connectivity index (χ1) is 17.0. The molecule has 0 saturated heterocycles. The molecule has 0 fully saturated rings. The van der Waals surface area contributed by atoms with Gasteiger partial charge in [0.25, 0.3) is 5.56 Å². The van der Waals surface area contributed by atoms with E-state index < -0.39 is 20.3 Å². The lowest BCUT2D eigenvalue weighted by atomic mass is 9.87. The van der Waals surface area contributed by atoms with Crippen molar-refractivity contribution in [2.75, 3.05) is 0 Å². The second-order valence-electron chi connectivity index (χ2n) is 9.02. The fourth-order valence-electron chi connectivity index (χ4n) is 3.46. The third-order valence-electron chi connectivity index (χ3n) is 5.47. The van der Waals surface area contributed by atoms with E-state index in [1.54, 1.807) is 48.5 Å². The molecule has 0 bridgehead atoms. The molecular weight excluding hydrogens is 542 g/mol. The zero-order chi connectivity index (χ0) is 26.1. The van der Waals surface area contributed by atoms with E-state index in [0.717, 1.165) is 11.6 Å². The number of ether oxygens (including phenoxy) is 1. The van der Waals surface area contributed by atoms with E-state index in [1.807, 2.05) is 12.1 Å². The molecule has 0 saturated carbocycles. The summed E-state index contributed by atoms with van der Waals surface area (Å²) in [6.07, 6.45) is 2.53. The Bertz CT molecular complexity index is 1680. The van der Waals surface area contributed by atoms with E-state index in [1.165, 1.54) is 22.7 Å². The number of rotatable bonds is 5. The predicted molar refractivity (Wildman–Crippen MR) is 142 cm³/mol. The number of aromatic nitrogens is 2. The lowest BCUT2D eigenvalue weighted by Crippen LogP contribution is -2.19. The normalized spacial score (nSPS) is 12.4. The van der Waals surface area contributed by atoms with Gasteiger partial charge in [-0.2, -0.15) is 10.2 Å². The number of sulfone groups is 1. The summed E-state index contributed by atoms with van der Waals surface area (Å²) in [6, 6.07) is 19.9. The summed E-state index contributed by atoms with van der Waals surface area (Å²) in [5, 5.41) is 9.75. The molecular formula is C27H22BrN3O4S. The van der Waals surface area contributed by atoms with Gasteiger partial charge in [0.1, 0.15) is 27.9 Å². The average Bonchev–Trinajstić information content (AvgIpc) is 2.84. The van der Waals surface area contributed by atoms with Crippen LogP contribution in [0, 0.1) is 11.3 Å². The molecule has 7 nitrogen and oxygen atoms in total. The van der Waals surface area contributed by atoms with Gasteiger partial charge in [0.2, 0.25) is 15.7 Å². The van der Waals surface area contributed by atoms with Gasteiger partial charge in [0, 0.05) is 10.7 Å². The van der Waals surface area contributed by atoms with Gasteiger partial charge in [0.05, 0.1) is 4.90 Å². The van der Waals surface area contributed by atoms with Gasteiger partial charge in [-0.3, -0.25) is 9.20 Å². The summed E-state index contributed by atoms with van der Waals surface area (Å²) in [5.41, 5.74) is 0.621. The van der Waals surface area contributed by atoms with Crippen LogP contribution in [0.4, 0.5) is 0 Å². The van der Waals surface area contributed by atoms with Gasteiger partial charge >= 0.3 is 0 Å². The predicted octanol–water partition coefficient (Wildman–Crippen LogP) is 5.89. The zero-order valence-electron chi connectivity index (χ0n) is 19.8. The Morgan fingerprint density at radius 1 is 1.06 bits per heavy atom. The van der Waals surface area contributed by atoms with Gasteiger partial charge in [-0.05, 0) is 65.6 Å². The van der Waals surface area contributed by atoms with Crippen molar-refractivity contribution in [3.63, 3.8) is 0 Å². The Labute approximate surface area is 217 Å². The van der Waals surface area contributed by atoms with Crippen molar-refractivity contribution < 1.29 is 13.2 Å². The maximum absolute atomic E-state index is 13.4. The number of nitriles is 1. The minimum absolute atomic E-state index is 0.0600. The van der Waals surface area contributed by atoms with Crippen molar-refractivity contribution in [3.8, 4) is 17.7 Å². The molecule has 0 atom stereocenters. The molecule has 9 heteroatoms. The highest BCUT2D eigenvalue weighted by Gasteiger charge is 2.24. The van der Waals surface area contributed by atoms with Crippen LogP contribution in [0.15, 0.2) is 92.0 Å².